The van der Waals surface area contributed by atoms with Gasteiger partial charge in [0, 0.05) is 16.6 Å². The van der Waals surface area contributed by atoms with Gasteiger partial charge in [-0.2, -0.15) is 0 Å². The van der Waals surface area contributed by atoms with Crippen molar-refractivity contribution in [2.75, 3.05) is 11.6 Å². The van der Waals surface area contributed by atoms with Crippen LogP contribution in [-0.4, -0.2) is 12.3 Å². The molecule has 0 saturated carbocycles. The van der Waals surface area contributed by atoms with Gasteiger partial charge in [0.2, 0.25) is 0 Å². The molecule has 1 N–H and O–H groups in total. The maximum absolute atomic E-state index is 3.73. The Kier molecular flexibility index (Phi) is 5.33. The predicted octanol–water partition coefficient (Wildman–Crippen LogP) is 4.18. The Morgan fingerprint density at radius 3 is 2.60 bits per heavy atom. The fourth-order valence-corrected chi connectivity index (χ4v) is 1.82. The molecule has 0 saturated heterocycles. The summed E-state index contributed by atoms with van der Waals surface area (Å²) in [5.74, 6) is 0. The molecule has 1 atom stereocenters. The Balaban J connectivity index is 2.45. The molecule has 0 aliphatic heterocycles. The zero-order chi connectivity index (χ0) is 11.1. The van der Waals surface area contributed by atoms with Gasteiger partial charge >= 0.3 is 0 Å². The van der Waals surface area contributed by atoms with Gasteiger partial charge in [0.25, 0.3) is 0 Å². The Morgan fingerprint density at radius 1 is 1.40 bits per heavy atom. The lowest BCUT2D eigenvalue weighted by molar-refractivity contribution is 0.719. The number of allylic oxidation sites excluding steroid dienone is 1. The van der Waals surface area contributed by atoms with Crippen LogP contribution >= 0.6 is 11.8 Å². The number of rotatable bonds is 6. The zero-order valence-corrected chi connectivity index (χ0v) is 10.3. The van der Waals surface area contributed by atoms with Crippen molar-refractivity contribution in [2.24, 2.45) is 0 Å². The molecule has 0 bridgehead atoms. The first-order valence-electron chi connectivity index (χ1n) is 5.27. The van der Waals surface area contributed by atoms with E-state index in [1.54, 1.807) is 11.8 Å². The molecular formula is C13H19NS. The Labute approximate surface area is 97.0 Å². The van der Waals surface area contributed by atoms with Crippen LogP contribution in [0.5, 0.6) is 0 Å². The third-order valence-corrected chi connectivity index (χ3v) is 3.05. The molecule has 1 nitrogen and oxygen atoms in total. The minimum Gasteiger partial charge on any atom is -0.383 e. The molecule has 0 amide bonds. The molecule has 1 unspecified atom stereocenters. The lowest BCUT2D eigenvalue weighted by atomic mass is 10.1. The van der Waals surface area contributed by atoms with Crippen molar-refractivity contribution >= 4 is 17.4 Å². The Morgan fingerprint density at radius 2 is 2.07 bits per heavy atom. The van der Waals surface area contributed by atoms with E-state index in [4.69, 9.17) is 0 Å². The summed E-state index contributed by atoms with van der Waals surface area (Å²) in [5.41, 5.74) is 1.20. The number of hydrogen-bond acceptors (Lipinski definition) is 2. The van der Waals surface area contributed by atoms with Gasteiger partial charge in [0.05, 0.1) is 0 Å². The molecule has 0 aromatic heterocycles. The van der Waals surface area contributed by atoms with Crippen molar-refractivity contribution in [3.63, 3.8) is 0 Å². The summed E-state index contributed by atoms with van der Waals surface area (Å²) in [6, 6.07) is 9.07. The summed E-state index contributed by atoms with van der Waals surface area (Å²) in [5, 5.41) is 3.47. The summed E-state index contributed by atoms with van der Waals surface area (Å²) >= 11 is 1.77. The Hall–Kier alpha value is -0.890. The highest BCUT2D eigenvalue weighted by Gasteiger charge is 2.00. The molecule has 1 rings (SSSR count). The van der Waals surface area contributed by atoms with Crippen molar-refractivity contribution < 1.29 is 0 Å². The molecule has 0 aliphatic carbocycles. The van der Waals surface area contributed by atoms with Crippen LogP contribution in [0.4, 0.5) is 5.69 Å². The second kappa shape index (κ2) is 6.57. The first-order valence-corrected chi connectivity index (χ1v) is 6.50. The molecule has 1 aromatic carbocycles. The fraction of sp³-hybridized carbons (Fsp3) is 0.385. The highest BCUT2D eigenvalue weighted by molar-refractivity contribution is 7.98. The van der Waals surface area contributed by atoms with Crippen molar-refractivity contribution in [1.29, 1.82) is 0 Å². The number of thioether (sulfide) groups is 1. The second-order valence-corrected chi connectivity index (χ2v) is 4.52. The van der Waals surface area contributed by atoms with E-state index in [-0.39, 0.29) is 0 Å². The number of benzene rings is 1. The van der Waals surface area contributed by atoms with Gasteiger partial charge in [0.15, 0.2) is 0 Å². The molecule has 15 heavy (non-hydrogen) atoms. The Bertz CT molecular complexity index is 292. The maximum Gasteiger partial charge on any atom is 0.0342 e. The highest BCUT2D eigenvalue weighted by Crippen LogP contribution is 2.18. The molecular weight excluding hydrogens is 202 g/mol. The van der Waals surface area contributed by atoms with E-state index in [1.165, 1.54) is 10.6 Å². The van der Waals surface area contributed by atoms with Crippen LogP contribution in [0.2, 0.25) is 0 Å². The minimum atomic E-state index is 0.503. The SMILES string of the molecule is C=CCCC(C)Nc1ccc(SC)cc1. The standard InChI is InChI=1S/C13H19NS/c1-4-5-6-11(2)14-12-7-9-13(15-3)10-8-12/h4,7-11,14H,1,5-6H2,2-3H3. The van der Waals surface area contributed by atoms with Crippen molar-refractivity contribution in [1.82, 2.24) is 0 Å². The lowest BCUT2D eigenvalue weighted by Gasteiger charge is -2.14. The molecule has 0 spiro atoms. The predicted molar refractivity (Wildman–Crippen MR) is 70.7 cm³/mol. The average molecular weight is 221 g/mol. The first-order chi connectivity index (χ1) is 7.26. The van der Waals surface area contributed by atoms with Crippen molar-refractivity contribution in [3.8, 4) is 0 Å². The second-order valence-electron chi connectivity index (χ2n) is 3.64. The van der Waals surface area contributed by atoms with E-state index in [9.17, 15) is 0 Å². The van der Waals surface area contributed by atoms with Gasteiger partial charge in [-0.05, 0) is 50.3 Å². The van der Waals surface area contributed by atoms with Crippen LogP contribution in [0.25, 0.3) is 0 Å². The van der Waals surface area contributed by atoms with Crippen LogP contribution in [0.3, 0.4) is 0 Å². The summed E-state index contributed by atoms with van der Waals surface area (Å²) < 4.78 is 0. The summed E-state index contributed by atoms with van der Waals surface area (Å²) in [4.78, 5) is 1.30. The lowest BCUT2D eigenvalue weighted by Crippen LogP contribution is -2.14. The molecule has 82 valence electrons. The summed E-state index contributed by atoms with van der Waals surface area (Å²) in [7, 11) is 0. The monoisotopic (exact) mass is 221 g/mol. The number of anilines is 1. The van der Waals surface area contributed by atoms with Crippen molar-refractivity contribution in [2.45, 2.75) is 30.7 Å². The highest BCUT2D eigenvalue weighted by atomic mass is 32.2. The van der Waals surface area contributed by atoms with Crippen LogP contribution in [0.15, 0.2) is 41.8 Å². The maximum atomic E-state index is 3.73. The quantitative estimate of drug-likeness (QED) is 0.571. The van der Waals surface area contributed by atoms with Gasteiger partial charge in [-0.3, -0.25) is 0 Å². The molecule has 1 aromatic rings. The van der Waals surface area contributed by atoms with Crippen LogP contribution in [0.1, 0.15) is 19.8 Å². The summed E-state index contributed by atoms with van der Waals surface area (Å²) in [6.07, 6.45) is 6.26. The smallest absolute Gasteiger partial charge is 0.0342 e. The first kappa shape index (κ1) is 12.2. The molecule has 0 radical (unpaired) electrons. The van der Waals surface area contributed by atoms with E-state index < -0.39 is 0 Å². The molecule has 2 heteroatoms. The molecule has 0 aliphatic rings. The van der Waals surface area contributed by atoms with E-state index in [2.05, 4.69) is 49.3 Å². The van der Waals surface area contributed by atoms with Gasteiger partial charge < -0.3 is 5.32 Å². The minimum absolute atomic E-state index is 0.503. The van der Waals surface area contributed by atoms with Crippen LogP contribution in [-0.2, 0) is 0 Å². The third kappa shape index (κ3) is 4.43. The van der Waals surface area contributed by atoms with E-state index in [0.29, 0.717) is 6.04 Å². The number of nitrogens with one attached hydrogen (secondary N) is 1. The van der Waals surface area contributed by atoms with Gasteiger partial charge in [-0.25, -0.2) is 0 Å². The fourth-order valence-electron chi connectivity index (χ4n) is 1.41. The van der Waals surface area contributed by atoms with E-state index >= 15 is 0 Å². The molecule has 0 heterocycles. The molecule has 0 fully saturated rings. The van der Waals surface area contributed by atoms with Crippen LogP contribution < -0.4 is 5.32 Å². The largest absolute Gasteiger partial charge is 0.383 e. The normalized spacial score (nSPS) is 12.1. The van der Waals surface area contributed by atoms with Crippen LogP contribution in [0, 0.1) is 0 Å². The van der Waals surface area contributed by atoms with E-state index in [1.807, 2.05) is 6.08 Å². The van der Waals surface area contributed by atoms with E-state index in [0.717, 1.165) is 12.8 Å². The summed E-state index contributed by atoms with van der Waals surface area (Å²) in [6.45, 7) is 5.93. The topological polar surface area (TPSA) is 12.0 Å². The van der Waals surface area contributed by atoms with Gasteiger partial charge in [-0.1, -0.05) is 6.08 Å². The van der Waals surface area contributed by atoms with Crippen molar-refractivity contribution in [3.05, 3.63) is 36.9 Å². The number of hydrogen-bond donors (Lipinski definition) is 1. The van der Waals surface area contributed by atoms with Gasteiger partial charge in [0.1, 0.15) is 0 Å². The third-order valence-electron chi connectivity index (χ3n) is 2.31. The van der Waals surface area contributed by atoms with Gasteiger partial charge in [-0.15, -0.1) is 18.3 Å². The average Bonchev–Trinajstić information content (AvgIpc) is 2.27. The zero-order valence-electron chi connectivity index (χ0n) is 9.49.